The van der Waals surface area contributed by atoms with Crippen molar-refractivity contribution in [1.82, 2.24) is 4.98 Å². The van der Waals surface area contributed by atoms with Gasteiger partial charge in [0.2, 0.25) is 5.95 Å². The van der Waals surface area contributed by atoms with Crippen molar-refractivity contribution < 1.29 is 22.7 Å². The van der Waals surface area contributed by atoms with Crippen LogP contribution in [0, 0.1) is 5.95 Å². The van der Waals surface area contributed by atoms with Gasteiger partial charge in [-0.25, -0.2) is 13.8 Å². The van der Waals surface area contributed by atoms with Crippen LogP contribution in [0.1, 0.15) is 23.2 Å². The van der Waals surface area contributed by atoms with Gasteiger partial charge < -0.3 is 4.74 Å². The number of nitrogens with zero attached hydrogens (tertiary/aromatic N) is 1. The maximum Gasteiger partial charge on any atom is 0.311 e. The standard InChI is InChI=1S/C10H9BrF3NO2/c1-17-8(16)3-7-6(9(12)13)2-5(4-11)10(14)15-7/h2,9H,3-4H2,1H3. The first kappa shape index (κ1) is 14.0. The minimum Gasteiger partial charge on any atom is -0.469 e. The predicted octanol–water partition coefficient (Wildman–Crippen LogP) is 2.77. The van der Waals surface area contributed by atoms with Gasteiger partial charge in [0.05, 0.1) is 19.2 Å². The lowest BCUT2D eigenvalue weighted by Crippen LogP contribution is -2.11. The maximum atomic E-state index is 13.3. The van der Waals surface area contributed by atoms with E-state index in [0.29, 0.717) is 0 Å². The number of hydrogen-bond donors (Lipinski definition) is 0. The highest BCUT2D eigenvalue weighted by Crippen LogP contribution is 2.25. The fourth-order valence-corrected chi connectivity index (χ4v) is 1.61. The van der Waals surface area contributed by atoms with E-state index in [0.717, 1.165) is 13.2 Å². The van der Waals surface area contributed by atoms with Crippen molar-refractivity contribution in [2.45, 2.75) is 18.2 Å². The van der Waals surface area contributed by atoms with Gasteiger partial charge in [-0.05, 0) is 6.07 Å². The number of halogens is 4. The molecule has 1 aromatic heterocycles. The van der Waals surface area contributed by atoms with Gasteiger partial charge in [-0.1, -0.05) is 15.9 Å². The topological polar surface area (TPSA) is 39.2 Å². The molecule has 0 unspecified atom stereocenters. The highest BCUT2D eigenvalue weighted by Gasteiger charge is 2.20. The van der Waals surface area contributed by atoms with Crippen LogP contribution in [0.2, 0.25) is 0 Å². The van der Waals surface area contributed by atoms with Crippen LogP contribution in [0.3, 0.4) is 0 Å². The molecule has 1 aromatic rings. The van der Waals surface area contributed by atoms with Crippen molar-refractivity contribution in [1.29, 1.82) is 0 Å². The first-order chi connectivity index (χ1) is 7.99. The molecule has 0 saturated carbocycles. The minimum atomic E-state index is -2.82. The second-order valence-corrected chi connectivity index (χ2v) is 3.72. The van der Waals surface area contributed by atoms with Crippen LogP contribution in [-0.4, -0.2) is 18.1 Å². The number of alkyl halides is 3. The zero-order chi connectivity index (χ0) is 13.0. The van der Waals surface area contributed by atoms with Gasteiger partial charge in [-0.3, -0.25) is 4.79 Å². The third-order valence-electron chi connectivity index (χ3n) is 2.08. The van der Waals surface area contributed by atoms with E-state index in [4.69, 9.17) is 0 Å². The molecular weight excluding hydrogens is 303 g/mol. The predicted molar refractivity (Wildman–Crippen MR) is 57.5 cm³/mol. The van der Waals surface area contributed by atoms with E-state index in [2.05, 4.69) is 25.7 Å². The second kappa shape index (κ2) is 6.00. The molecule has 0 spiro atoms. The highest BCUT2D eigenvalue weighted by atomic mass is 79.9. The van der Waals surface area contributed by atoms with E-state index in [1.165, 1.54) is 0 Å². The van der Waals surface area contributed by atoms with E-state index < -0.39 is 30.3 Å². The smallest absolute Gasteiger partial charge is 0.311 e. The van der Waals surface area contributed by atoms with Gasteiger partial charge in [-0.2, -0.15) is 4.39 Å². The maximum absolute atomic E-state index is 13.3. The van der Waals surface area contributed by atoms with E-state index in [-0.39, 0.29) is 16.6 Å². The summed E-state index contributed by atoms with van der Waals surface area (Å²) >= 11 is 2.96. The summed E-state index contributed by atoms with van der Waals surface area (Å²) in [7, 11) is 1.12. The first-order valence-electron chi connectivity index (χ1n) is 4.58. The molecule has 0 N–H and O–H groups in total. The summed E-state index contributed by atoms with van der Waals surface area (Å²) in [4.78, 5) is 14.4. The average Bonchev–Trinajstić information content (AvgIpc) is 2.28. The van der Waals surface area contributed by atoms with E-state index in [1.807, 2.05) is 0 Å². The number of methoxy groups -OCH3 is 1. The fraction of sp³-hybridized carbons (Fsp3) is 0.400. The first-order valence-corrected chi connectivity index (χ1v) is 5.70. The SMILES string of the molecule is COC(=O)Cc1nc(F)c(CBr)cc1C(F)F. The van der Waals surface area contributed by atoms with Crippen LogP contribution in [0.25, 0.3) is 0 Å². The van der Waals surface area contributed by atoms with Crippen LogP contribution in [-0.2, 0) is 21.3 Å². The number of pyridine rings is 1. The number of ether oxygens (including phenoxy) is 1. The van der Waals surface area contributed by atoms with E-state index in [1.54, 1.807) is 0 Å². The number of aromatic nitrogens is 1. The molecule has 0 aliphatic heterocycles. The lowest BCUT2D eigenvalue weighted by molar-refractivity contribution is -0.139. The summed E-state index contributed by atoms with van der Waals surface area (Å²) in [5.74, 6) is -1.62. The Kier molecular flexibility index (Phi) is 4.92. The Labute approximate surface area is 104 Å². The van der Waals surface area contributed by atoms with Gasteiger partial charge in [0.25, 0.3) is 6.43 Å². The summed E-state index contributed by atoms with van der Waals surface area (Å²) < 4.78 is 43.0. The van der Waals surface area contributed by atoms with Crippen LogP contribution < -0.4 is 0 Å². The molecular formula is C10H9BrF3NO2. The zero-order valence-corrected chi connectivity index (χ0v) is 10.4. The Morgan fingerprint density at radius 1 is 1.59 bits per heavy atom. The summed E-state index contributed by atoms with van der Waals surface area (Å²) in [5, 5.41) is 0.0735. The van der Waals surface area contributed by atoms with Crippen LogP contribution in [0.5, 0.6) is 0 Å². The molecule has 17 heavy (non-hydrogen) atoms. The molecule has 0 aliphatic rings. The molecule has 1 heterocycles. The number of hydrogen-bond acceptors (Lipinski definition) is 3. The third kappa shape index (κ3) is 3.42. The van der Waals surface area contributed by atoms with Crippen molar-refractivity contribution >= 4 is 21.9 Å². The molecule has 0 aliphatic carbocycles. The van der Waals surface area contributed by atoms with Gasteiger partial charge in [0, 0.05) is 16.5 Å². The van der Waals surface area contributed by atoms with Gasteiger partial charge in [0.1, 0.15) is 0 Å². The molecule has 7 heteroatoms. The average molecular weight is 312 g/mol. The largest absolute Gasteiger partial charge is 0.469 e. The lowest BCUT2D eigenvalue weighted by Gasteiger charge is -2.09. The Morgan fingerprint density at radius 3 is 2.71 bits per heavy atom. The second-order valence-electron chi connectivity index (χ2n) is 3.16. The number of carbonyl (C=O) groups is 1. The highest BCUT2D eigenvalue weighted by molar-refractivity contribution is 9.08. The zero-order valence-electron chi connectivity index (χ0n) is 8.84. The molecule has 0 aromatic carbocycles. The third-order valence-corrected chi connectivity index (χ3v) is 2.68. The monoisotopic (exact) mass is 311 g/mol. The van der Waals surface area contributed by atoms with Crippen molar-refractivity contribution in [3.05, 3.63) is 28.8 Å². The summed E-state index contributed by atoms with van der Waals surface area (Å²) in [6.07, 6.45) is -3.30. The van der Waals surface area contributed by atoms with Crippen LogP contribution in [0.15, 0.2) is 6.07 Å². The van der Waals surface area contributed by atoms with Crippen molar-refractivity contribution in [2.24, 2.45) is 0 Å². The molecule has 0 bridgehead atoms. The Bertz CT molecular complexity index is 426. The molecule has 0 atom stereocenters. The molecule has 0 radical (unpaired) electrons. The molecule has 94 valence electrons. The Morgan fingerprint density at radius 2 is 2.24 bits per heavy atom. The van der Waals surface area contributed by atoms with Crippen molar-refractivity contribution in [3.8, 4) is 0 Å². The Hall–Kier alpha value is -1.11. The Balaban J connectivity index is 3.18. The lowest BCUT2D eigenvalue weighted by atomic mass is 10.1. The number of esters is 1. The van der Waals surface area contributed by atoms with Crippen molar-refractivity contribution in [3.63, 3.8) is 0 Å². The molecule has 0 fully saturated rings. The molecule has 0 amide bonds. The van der Waals surface area contributed by atoms with Crippen LogP contribution >= 0.6 is 15.9 Å². The van der Waals surface area contributed by atoms with Crippen molar-refractivity contribution in [2.75, 3.05) is 7.11 Å². The quantitative estimate of drug-likeness (QED) is 0.487. The molecule has 1 rings (SSSR count). The summed E-state index contributed by atoms with van der Waals surface area (Å²) in [6, 6.07) is 1.00. The number of rotatable bonds is 4. The van der Waals surface area contributed by atoms with Gasteiger partial charge >= 0.3 is 5.97 Å². The summed E-state index contributed by atoms with van der Waals surface area (Å²) in [6.45, 7) is 0. The number of carbonyl (C=O) groups excluding carboxylic acids is 1. The minimum absolute atomic E-state index is 0.0221. The van der Waals surface area contributed by atoms with Gasteiger partial charge in [-0.15, -0.1) is 0 Å². The van der Waals surface area contributed by atoms with E-state index in [9.17, 15) is 18.0 Å². The molecule has 0 saturated heterocycles. The fourth-order valence-electron chi connectivity index (χ4n) is 1.22. The van der Waals surface area contributed by atoms with Crippen LogP contribution in [0.4, 0.5) is 13.2 Å². The van der Waals surface area contributed by atoms with Gasteiger partial charge in [0.15, 0.2) is 0 Å². The normalized spacial score (nSPS) is 10.7. The summed E-state index contributed by atoms with van der Waals surface area (Å²) in [5.41, 5.74) is -0.728. The molecule has 3 nitrogen and oxygen atoms in total. The van der Waals surface area contributed by atoms with E-state index >= 15 is 0 Å².